The van der Waals surface area contributed by atoms with Crippen LogP contribution in [0.5, 0.6) is 11.5 Å². The lowest BCUT2D eigenvalue weighted by molar-refractivity contribution is -0.164. The zero-order chi connectivity index (χ0) is 22.4. The summed E-state index contributed by atoms with van der Waals surface area (Å²) in [5.41, 5.74) is 2.46. The molecule has 32 heavy (non-hydrogen) atoms. The van der Waals surface area contributed by atoms with Gasteiger partial charge < -0.3 is 33.9 Å². The van der Waals surface area contributed by atoms with Crippen molar-refractivity contribution < 1.29 is 24.1 Å². The molecule has 5 atom stereocenters. The SMILES string of the molecule is COc1cc2ncn(C3C4OCC(O4)C(NCc4ccc(Cl)c(Cl)c4)C3O)c2cc1OC. The van der Waals surface area contributed by atoms with E-state index in [-0.39, 0.29) is 12.1 Å². The Balaban J connectivity index is 1.44. The van der Waals surface area contributed by atoms with Crippen LogP contribution in [0.4, 0.5) is 0 Å². The molecule has 2 aromatic carbocycles. The van der Waals surface area contributed by atoms with Crippen molar-refractivity contribution in [3.63, 3.8) is 0 Å². The number of aliphatic hydroxyl groups is 1. The molecule has 2 N–H and O–H groups in total. The average molecular weight is 480 g/mol. The van der Waals surface area contributed by atoms with E-state index < -0.39 is 18.4 Å². The van der Waals surface area contributed by atoms with Crippen LogP contribution >= 0.6 is 23.2 Å². The monoisotopic (exact) mass is 479 g/mol. The third-order valence-electron chi connectivity index (χ3n) is 6.06. The van der Waals surface area contributed by atoms with Gasteiger partial charge in [-0.3, -0.25) is 0 Å². The van der Waals surface area contributed by atoms with Gasteiger partial charge >= 0.3 is 0 Å². The molecule has 2 saturated heterocycles. The second-order valence-electron chi connectivity index (χ2n) is 7.86. The molecule has 2 aliphatic rings. The molecule has 0 amide bonds. The topological polar surface area (TPSA) is 87.0 Å². The summed E-state index contributed by atoms with van der Waals surface area (Å²) in [7, 11) is 3.16. The minimum absolute atomic E-state index is 0.265. The number of halogens is 2. The highest BCUT2D eigenvalue weighted by molar-refractivity contribution is 6.42. The summed E-state index contributed by atoms with van der Waals surface area (Å²) < 4.78 is 24.7. The van der Waals surface area contributed by atoms with Crippen LogP contribution in [-0.2, 0) is 16.0 Å². The number of ether oxygens (including phenoxy) is 4. The smallest absolute Gasteiger partial charge is 0.181 e. The number of hydrogen-bond donors (Lipinski definition) is 2. The molecular formula is C22H23Cl2N3O5. The fourth-order valence-corrected chi connectivity index (χ4v) is 4.75. The lowest BCUT2D eigenvalue weighted by Crippen LogP contribution is -2.57. The standard InChI is InChI=1S/C22H23Cl2N3O5/c1-29-16-6-14-15(7-17(16)30-2)27(10-26-14)20-21(28)19(18-9-31-22(20)32-18)25-8-11-3-4-12(23)13(24)5-11/h3-7,10,18-22,25,28H,8-9H2,1-2H3. The first kappa shape index (κ1) is 21.8. The van der Waals surface area contributed by atoms with E-state index in [0.717, 1.165) is 16.6 Å². The quantitative estimate of drug-likeness (QED) is 0.561. The largest absolute Gasteiger partial charge is 0.493 e. The van der Waals surface area contributed by atoms with E-state index in [1.165, 1.54) is 0 Å². The molecule has 0 saturated carbocycles. The van der Waals surface area contributed by atoms with Crippen LogP contribution in [0, 0.1) is 0 Å². The minimum Gasteiger partial charge on any atom is -0.493 e. The van der Waals surface area contributed by atoms with Gasteiger partial charge in [0, 0.05) is 18.7 Å². The Labute approximate surface area is 194 Å². The van der Waals surface area contributed by atoms with Crippen LogP contribution in [0.25, 0.3) is 11.0 Å². The molecule has 170 valence electrons. The van der Waals surface area contributed by atoms with Crippen LogP contribution in [0.2, 0.25) is 10.0 Å². The Morgan fingerprint density at radius 1 is 1.16 bits per heavy atom. The van der Waals surface area contributed by atoms with E-state index in [4.69, 9.17) is 42.1 Å². The molecule has 0 spiro atoms. The van der Waals surface area contributed by atoms with Gasteiger partial charge in [0.25, 0.3) is 0 Å². The maximum Gasteiger partial charge on any atom is 0.181 e. The second kappa shape index (κ2) is 8.70. The molecule has 3 aromatic rings. The summed E-state index contributed by atoms with van der Waals surface area (Å²) in [4.78, 5) is 4.49. The Hall–Kier alpha value is -2.07. The highest BCUT2D eigenvalue weighted by Crippen LogP contribution is 2.39. The van der Waals surface area contributed by atoms with E-state index in [9.17, 15) is 5.11 Å². The maximum atomic E-state index is 11.4. The van der Waals surface area contributed by atoms with Crippen molar-refractivity contribution in [1.29, 1.82) is 0 Å². The summed E-state index contributed by atoms with van der Waals surface area (Å²) in [6, 6.07) is 8.25. The third kappa shape index (κ3) is 3.71. The van der Waals surface area contributed by atoms with Crippen molar-refractivity contribution in [1.82, 2.24) is 14.9 Å². The number of imidazole rings is 1. The minimum atomic E-state index is -0.783. The fraction of sp³-hybridized carbons (Fsp3) is 0.409. The maximum absolute atomic E-state index is 11.4. The zero-order valence-corrected chi connectivity index (χ0v) is 19.0. The van der Waals surface area contributed by atoms with Gasteiger partial charge in [-0.1, -0.05) is 29.3 Å². The molecule has 2 aliphatic heterocycles. The van der Waals surface area contributed by atoms with Gasteiger partial charge in [-0.25, -0.2) is 4.98 Å². The lowest BCUT2D eigenvalue weighted by atomic mass is 9.95. The Bertz CT molecular complexity index is 1140. The fourth-order valence-electron chi connectivity index (χ4n) is 4.43. The van der Waals surface area contributed by atoms with Crippen molar-refractivity contribution in [2.75, 3.05) is 20.8 Å². The van der Waals surface area contributed by atoms with E-state index in [2.05, 4.69) is 10.3 Å². The van der Waals surface area contributed by atoms with Crippen LogP contribution < -0.4 is 14.8 Å². The molecule has 8 nitrogen and oxygen atoms in total. The zero-order valence-electron chi connectivity index (χ0n) is 17.5. The number of nitrogens with one attached hydrogen (secondary N) is 1. The van der Waals surface area contributed by atoms with Crippen molar-refractivity contribution in [3.05, 3.63) is 52.3 Å². The number of aliphatic hydroxyl groups excluding tert-OH is 1. The summed E-state index contributed by atoms with van der Waals surface area (Å²) in [5.74, 6) is 1.16. The van der Waals surface area contributed by atoms with Gasteiger partial charge in [-0.05, 0) is 17.7 Å². The summed E-state index contributed by atoms with van der Waals surface area (Å²) >= 11 is 12.1. The molecule has 10 heteroatoms. The predicted molar refractivity (Wildman–Crippen MR) is 120 cm³/mol. The first-order valence-electron chi connectivity index (χ1n) is 10.2. The highest BCUT2D eigenvalue weighted by atomic mass is 35.5. The van der Waals surface area contributed by atoms with Crippen LogP contribution in [0.3, 0.4) is 0 Å². The summed E-state index contributed by atoms with van der Waals surface area (Å²) in [6.07, 6.45) is 0.0511. The molecule has 3 heterocycles. The summed E-state index contributed by atoms with van der Waals surface area (Å²) in [6.45, 7) is 0.882. The number of methoxy groups -OCH3 is 2. The van der Waals surface area contributed by atoms with Crippen LogP contribution in [-0.4, -0.2) is 60.0 Å². The van der Waals surface area contributed by atoms with Crippen molar-refractivity contribution in [2.24, 2.45) is 0 Å². The van der Waals surface area contributed by atoms with Gasteiger partial charge in [-0.2, -0.15) is 0 Å². The number of nitrogens with zero attached hydrogens (tertiary/aromatic N) is 2. The van der Waals surface area contributed by atoms with E-state index in [1.807, 2.05) is 16.7 Å². The number of aromatic nitrogens is 2. The Morgan fingerprint density at radius 3 is 2.69 bits per heavy atom. The molecule has 2 bridgehead atoms. The molecule has 2 fully saturated rings. The Kier molecular flexibility index (Phi) is 5.92. The van der Waals surface area contributed by atoms with Gasteiger partial charge in [-0.15, -0.1) is 0 Å². The Morgan fingerprint density at radius 2 is 1.94 bits per heavy atom. The van der Waals surface area contributed by atoms with Crippen LogP contribution in [0.15, 0.2) is 36.7 Å². The van der Waals surface area contributed by atoms with Gasteiger partial charge in [0.1, 0.15) is 12.1 Å². The van der Waals surface area contributed by atoms with E-state index >= 15 is 0 Å². The van der Waals surface area contributed by atoms with Crippen LogP contribution in [0.1, 0.15) is 11.6 Å². The lowest BCUT2D eigenvalue weighted by Gasteiger charge is -2.39. The molecule has 5 rings (SSSR count). The summed E-state index contributed by atoms with van der Waals surface area (Å²) in [5, 5.41) is 15.8. The van der Waals surface area contributed by atoms with Gasteiger partial charge in [0.05, 0.1) is 60.4 Å². The van der Waals surface area contributed by atoms with Gasteiger partial charge in [0.2, 0.25) is 0 Å². The van der Waals surface area contributed by atoms with E-state index in [0.29, 0.717) is 34.7 Å². The van der Waals surface area contributed by atoms with E-state index in [1.54, 1.807) is 38.7 Å². The number of hydrogen-bond acceptors (Lipinski definition) is 7. The molecule has 1 aromatic heterocycles. The normalized spacial score (nSPS) is 27.1. The average Bonchev–Trinajstić information content (AvgIpc) is 3.40. The van der Waals surface area contributed by atoms with Crippen molar-refractivity contribution >= 4 is 34.2 Å². The molecule has 0 radical (unpaired) electrons. The third-order valence-corrected chi connectivity index (χ3v) is 6.80. The first-order chi connectivity index (χ1) is 15.5. The second-order valence-corrected chi connectivity index (χ2v) is 8.67. The first-order valence-corrected chi connectivity index (χ1v) is 11.0. The van der Waals surface area contributed by atoms with Gasteiger partial charge in [0.15, 0.2) is 17.8 Å². The molecule has 0 aliphatic carbocycles. The number of rotatable bonds is 6. The molecular weight excluding hydrogens is 457 g/mol. The predicted octanol–water partition coefficient (Wildman–Crippen LogP) is 3.18. The number of benzene rings is 2. The number of fused-ring (bicyclic) bond motifs is 3. The van der Waals surface area contributed by atoms with Crippen molar-refractivity contribution in [3.8, 4) is 11.5 Å². The molecule has 5 unspecified atom stereocenters. The highest BCUT2D eigenvalue weighted by Gasteiger charge is 2.51. The van der Waals surface area contributed by atoms with Crippen molar-refractivity contribution in [2.45, 2.75) is 37.1 Å².